The van der Waals surface area contributed by atoms with E-state index in [4.69, 9.17) is 5.11 Å². The molecule has 0 bridgehead atoms. The Morgan fingerprint density at radius 2 is 2.45 bits per heavy atom. The molecule has 0 atom stereocenters. The minimum absolute atomic E-state index is 0.0352. The summed E-state index contributed by atoms with van der Waals surface area (Å²) < 4.78 is 0. The van der Waals surface area contributed by atoms with Gasteiger partial charge in [-0.05, 0) is 0 Å². The first kappa shape index (κ1) is 6.82. The Morgan fingerprint density at radius 3 is 3.27 bits per heavy atom. The summed E-state index contributed by atoms with van der Waals surface area (Å²) in [6.45, 7) is 1.87. The normalized spacial score (nSPS) is 16.5. The second kappa shape index (κ2) is 2.64. The van der Waals surface area contributed by atoms with Gasteiger partial charge in [-0.1, -0.05) is 0 Å². The molecule has 0 aliphatic carbocycles. The maximum absolute atomic E-state index is 8.87. The molecule has 3 N–H and O–H groups in total. The first-order chi connectivity index (χ1) is 5.42. The molecule has 1 aromatic heterocycles. The lowest BCUT2D eigenvalue weighted by Gasteiger charge is -2.11. The number of hydrogen-bond acceptors (Lipinski definition) is 3. The van der Waals surface area contributed by atoms with Crippen LogP contribution in [-0.4, -0.2) is 21.8 Å². The van der Waals surface area contributed by atoms with Crippen LogP contribution in [0.15, 0.2) is 0 Å². The average Bonchev–Trinajstić information content (AvgIpc) is 2.47. The number of aliphatic hydroxyl groups excluding tert-OH is 1. The van der Waals surface area contributed by atoms with E-state index in [-0.39, 0.29) is 6.61 Å². The lowest BCUT2D eigenvalue weighted by molar-refractivity contribution is 0.275. The van der Waals surface area contributed by atoms with Gasteiger partial charge in [0.2, 0.25) is 0 Å². The van der Waals surface area contributed by atoms with Crippen molar-refractivity contribution in [1.29, 1.82) is 0 Å². The molecule has 0 saturated heterocycles. The van der Waals surface area contributed by atoms with Crippen molar-refractivity contribution >= 4 is 0 Å². The number of nitrogens with zero attached hydrogens (tertiary/aromatic N) is 1. The maximum atomic E-state index is 8.87. The zero-order valence-electron chi connectivity index (χ0n) is 6.22. The molecular weight excluding hydrogens is 142 g/mol. The molecule has 0 spiro atoms. The van der Waals surface area contributed by atoms with Gasteiger partial charge >= 0.3 is 0 Å². The SMILES string of the molecule is OCc1n[nH]c2c1CNCC2. The van der Waals surface area contributed by atoms with Gasteiger partial charge in [0.25, 0.3) is 0 Å². The van der Waals surface area contributed by atoms with Crippen molar-refractivity contribution in [2.45, 2.75) is 19.6 Å². The van der Waals surface area contributed by atoms with Gasteiger partial charge < -0.3 is 10.4 Å². The quantitative estimate of drug-likeness (QED) is 0.512. The second-order valence-corrected chi connectivity index (χ2v) is 2.71. The predicted octanol–water partition coefficient (Wildman–Crippen LogP) is -0.452. The van der Waals surface area contributed by atoms with Crippen LogP contribution in [0, 0.1) is 0 Å². The van der Waals surface area contributed by atoms with Crippen molar-refractivity contribution < 1.29 is 5.11 Å². The Bertz CT molecular complexity index is 243. The highest BCUT2D eigenvalue weighted by molar-refractivity contribution is 5.26. The van der Waals surface area contributed by atoms with Crippen LogP contribution in [0.1, 0.15) is 17.0 Å². The van der Waals surface area contributed by atoms with E-state index in [1.54, 1.807) is 0 Å². The fourth-order valence-corrected chi connectivity index (χ4v) is 1.42. The number of aromatic amines is 1. The van der Waals surface area contributed by atoms with Crippen LogP contribution in [0.5, 0.6) is 0 Å². The first-order valence-electron chi connectivity index (χ1n) is 3.78. The Labute approximate surface area is 64.6 Å². The molecule has 0 aromatic carbocycles. The molecule has 2 rings (SSSR count). The average molecular weight is 153 g/mol. The second-order valence-electron chi connectivity index (χ2n) is 2.71. The van der Waals surface area contributed by atoms with E-state index in [2.05, 4.69) is 15.5 Å². The molecule has 1 aromatic rings. The highest BCUT2D eigenvalue weighted by Gasteiger charge is 2.14. The summed E-state index contributed by atoms with van der Waals surface area (Å²) in [5.74, 6) is 0. The fraction of sp³-hybridized carbons (Fsp3) is 0.571. The Hall–Kier alpha value is -0.870. The van der Waals surface area contributed by atoms with E-state index in [9.17, 15) is 0 Å². The van der Waals surface area contributed by atoms with Crippen molar-refractivity contribution in [2.75, 3.05) is 6.54 Å². The third-order valence-corrected chi connectivity index (χ3v) is 2.04. The molecule has 4 heteroatoms. The minimum atomic E-state index is 0.0352. The standard InChI is InChI=1S/C7H11N3O/c11-4-7-5-3-8-2-1-6(5)9-10-7/h8,11H,1-4H2,(H,9,10). The molecule has 0 radical (unpaired) electrons. The molecule has 1 aliphatic rings. The molecular formula is C7H11N3O. The summed E-state index contributed by atoms with van der Waals surface area (Å²) in [6, 6.07) is 0. The van der Waals surface area contributed by atoms with Crippen LogP contribution in [0.4, 0.5) is 0 Å². The zero-order valence-corrected chi connectivity index (χ0v) is 6.22. The van der Waals surface area contributed by atoms with Crippen LogP contribution in [0.2, 0.25) is 0 Å². The van der Waals surface area contributed by atoms with Gasteiger partial charge in [-0.15, -0.1) is 0 Å². The van der Waals surface area contributed by atoms with Crippen molar-refractivity contribution in [2.24, 2.45) is 0 Å². The summed E-state index contributed by atoms with van der Waals surface area (Å²) in [5.41, 5.74) is 3.11. The smallest absolute Gasteiger partial charge is 0.0924 e. The fourth-order valence-electron chi connectivity index (χ4n) is 1.42. The van der Waals surface area contributed by atoms with Crippen molar-refractivity contribution in [3.8, 4) is 0 Å². The molecule has 0 saturated carbocycles. The van der Waals surface area contributed by atoms with Gasteiger partial charge in [0.1, 0.15) is 0 Å². The van der Waals surface area contributed by atoms with Crippen molar-refractivity contribution in [3.63, 3.8) is 0 Å². The number of aromatic nitrogens is 2. The van der Waals surface area contributed by atoms with Crippen LogP contribution in [-0.2, 0) is 19.6 Å². The molecule has 1 aliphatic heterocycles. The molecule has 4 nitrogen and oxygen atoms in total. The van der Waals surface area contributed by atoms with E-state index in [1.165, 1.54) is 5.69 Å². The van der Waals surface area contributed by atoms with Crippen molar-refractivity contribution in [3.05, 3.63) is 17.0 Å². The van der Waals surface area contributed by atoms with Gasteiger partial charge in [0.15, 0.2) is 0 Å². The Balaban J connectivity index is 2.38. The van der Waals surface area contributed by atoms with Crippen LogP contribution in [0.3, 0.4) is 0 Å². The minimum Gasteiger partial charge on any atom is -0.390 e. The van der Waals surface area contributed by atoms with Gasteiger partial charge in [-0.3, -0.25) is 5.10 Å². The number of hydrogen-bond donors (Lipinski definition) is 3. The third kappa shape index (κ3) is 1.04. The lowest BCUT2D eigenvalue weighted by Crippen LogP contribution is -2.23. The number of H-pyrrole nitrogens is 1. The number of fused-ring (bicyclic) bond motifs is 1. The van der Waals surface area contributed by atoms with Crippen LogP contribution < -0.4 is 5.32 Å². The summed E-state index contributed by atoms with van der Waals surface area (Å²) >= 11 is 0. The van der Waals surface area contributed by atoms with E-state index in [0.717, 1.165) is 30.8 Å². The van der Waals surface area contributed by atoms with Crippen molar-refractivity contribution in [1.82, 2.24) is 15.5 Å². The van der Waals surface area contributed by atoms with Gasteiger partial charge in [0, 0.05) is 30.8 Å². The van der Waals surface area contributed by atoms with Crippen LogP contribution in [0.25, 0.3) is 0 Å². The maximum Gasteiger partial charge on any atom is 0.0924 e. The van der Waals surface area contributed by atoms with Crippen LogP contribution >= 0.6 is 0 Å². The molecule has 60 valence electrons. The molecule has 11 heavy (non-hydrogen) atoms. The van der Waals surface area contributed by atoms with Gasteiger partial charge in [-0.25, -0.2) is 0 Å². The Morgan fingerprint density at radius 1 is 1.55 bits per heavy atom. The largest absolute Gasteiger partial charge is 0.390 e. The topological polar surface area (TPSA) is 60.9 Å². The summed E-state index contributed by atoms with van der Waals surface area (Å²) in [5, 5.41) is 19.0. The summed E-state index contributed by atoms with van der Waals surface area (Å²) in [6.07, 6.45) is 0.988. The highest BCUT2D eigenvalue weighted by Crippen LogP contribution is 2.14. The summed E-state index contributed by atoms with van der Waals surface area (Å²) in [7, 11) is 0. The zero-order chi connectivity index (χ0) is 7.68. The number of rotatable bonds is 1. The molecule has 0 amide bonds. The predicted molar refractivity (Wildman–Crippen MR) is 39.9 cm³/mol. The van der Waals surface area contributed by atoms with E-state index in [0.29, 0.717) is 0 Å². The van der Waals surface area contributed by atoms with Gasteiger partial charge in [0.05, 0.1) is 12.3 Å². The molecule has 0 unspecified atom stereocenters. The number of aliphatic hydroxyl groups is 1. The van der Waals surface area contributed by atoms with E-state index < -0.39 is 0 Å². The summed E-state index contributed by atoms with van der Waals surface area (Å²) in [4.78, 5) is 0. The van der Waals surface area contributed by atoms with E-state index >= 15 is 0 Å². The number of nitrogens with one attached hydrogen (secondary N) is 2. The lowest BCUT2D eigenvalue weighted by atomic mass is 10.1. The highest BCUT2D eigenvalue weighted by atomic mass is 16.3. The monoisotopic (exact) mass is 153 g/mol. The molecule has 2 heterocycles. The molecule has 0 fully saturated rings. The van der Waals surface area contributed by atoms with Gasteiger partial charge in [-0.2, -0.15) is 5.10 Å². The first-order valence-corrected chi connectivity index (χ1v) is 3.78. The van der Waals surface area contributed by atoms with E-state index in [1.807, 2.05) is 0 Å². The third-order valence-electron chi connectivity index (χ3n) is 2.04. The Kier molecular flexibility index (Phi) is 1.63.